The second-order valence-electron chi connectivity index (χ2n) is 7.57. The molecule has 4 rings (SSSR count). The van der Waals surface area contributed by atoms with Crippen LogP contribution < -0.4 is 10.0 Å². The highest BCUT2D eigenvalue weighted by atomic mass is 35.5. The Labute approximate surface area is 175 Å². The SMILES string of the molecule is O=C1CCc2cc(S(=O)(=O)NCC3(c4ccccc4)CCOCC3)cc(Cl)c2N1. The number of carbonyl (C=O) groups excluding carboxylic acids is 1. The minimum absolute atomic E-state index is 0.113. The topological polar surface area (TPSA) is 84.5 Å². The summed E-state index contributed by atoms with van der Waals surface area (Å²) in [5.41, 5.74) is 2.05. The number of carbonyl (C=O) groups is 1. The standard InChI is InChI=1S/C21H23ClN2O4S/c22-18-13-17(12-15-6-7-19(25)24-20(15)18)29(26,27)23-14-21(8-10-28-11-9-21)16-4-2-1-3-5-16/h1-5,12-13,23H,6-11,14H2,(H,24,25). The molecular formula is C21H23ClN2O4S. The number of rotatable bonds is 5. The van der Waals surface area contributed by atoms with Gasteiger partial charge >= 0.3 is 0 Å². The van der Waals surface area contributed by atoms with Crippen molar-refractivity contribution in [2.45, 2.75) is 36.0 Å². The number of ether oxygens (including phenoxy) is 1. The number of benzene rings is 2. The Morgan fingerprint density at radius 2 is 1.83 bits per heavy atom. The van der Waals surface area contributed by atoms with E-state index < -0.39 is 10.0 Å². The summed E-state index contributed by atoms with van der Waals surface area (Å²) in [7, 11) is -3.76. The van der Waals surface area contributed by atoms with Crippen LogP contribution in [0.3, 0.4) is 0 Å². The van der Waals surface area contributed by atoms with Gasteiger partial charge in [0.25, 0.3) is 0 Å². The van der Waals surface area contributed by atoms with Crippen LogP contribution in [0.25, 0.3) is 0 Å². The number of fused-ring (bicyclic) bond motifs is 1. The Bertz CT molecular complexity index is 1020. The van der Waals surface area contributed by atoms with Crippen molar-refractivity contribution in [1.82, 2.24) is 4.72 Å². The van der Waals surface area contributed by atoms with Gasteiger partial charge in [-0.2, -0.15) is 0 Å². The third-order valence-corrected chi connectivity index (χ3v) is 7.46. The van der Waals surface area contributed by atoms with Gasteiger partial charge in [-0.25, -0.2) is 13.1 Å². The molecule has 8 heteroatoms. The van der Waals surface area contributed by atoms with Crippen LogP contribution in [0.1, 0.15) is 30.4 Å². The van der Waals surface area contributed by atoms with Crippen molar-refractivity contribution in [3.8, 4) is 0 Å². The molecule has 0 atom stereocenters. The molecule has 0 bridgehead atoms. The molecule has 6 nitrogen and oxygen atoms in total. The molecule has 0 aromatic heterocycles. The molecular weight excluding hydrogens is 412 g/mol. The van der Waals surface area contributed by atoms with Gasteiger partial charge in [0, 0.05) is 31.6 Å². The predicted octanol–water partition coefficient (Wildman–Crippen LogP) is 3.25. The summed E-state index contributed by atoms with van der Waals surface area (Å²) in [4.78, 5) is 11.7. The highest BCUT2D eigenvalue weighted by Gasteiger charge is 2.36. The van der Waals surface area contributed by atoms with Crippen molar-refractivity contribution >= 4 is 33.2 Å². The zero-order valence-corrected chi connectivity index (χ0v) is 17.5. The molecule has 1 amide bonds. The highest BCUT2D eigenvalue weighted by Crippen LogP contribution is 2.36. The predicted molar refractivity (Wildman–Crippen MR) is 112 cm³/mol. The average Bonchev–Trinajstić information content (AvgIpc) is 2.74. The minimum Gasteiger partial charge on any atom is -0.381 e. The van der Waals surface area contributed by atoms with E-state index in [2.05, 4.69) is 10.0 Å². The molecule has 2 heterocycles. The van der Waals surface area contributed by atoms with Crippen molar-refractivity contribution in [3.05, 3.63) is 58.6 Å². The third-order valence-electron chi connectivity index (χ3n) is 5.78. The number of aryl methyl sites for hydroxylation is 1. The van der Waals surface area contributed by atoms with Crippen molar-refractivity contribution in [1.29, 1.82) is 0 Å². The molecule has 1 saturated heterocycles. The summed E-state index contributed by atoms with van der Waals surface area (Å²) in [6.07, 6.45) is 2.28. The fourth-order valence-electron chi connectivity index (χ4n) is 4.02. The first-order valence-electron chi connectivity index (χ1n) is 9.65. The van der Waals surface area contributed by atoms with E-state index in [0.29, 0.717) is 31.7 Å². The highest BCUT2D eigenvalue weighted by molar-refractivity contribution is 7.89. The molecule has 2 aromatic rings. The molecule has 0 saturated carbocycles. The number of halogens is 1. The third kappa shape index (κ3) is 4.19. The zero-order valence-electron chi connectivity index (χ0n) is 15.9. The number of anilines is 1. The Morgan fingerprint density at radius 3 is 2.55 bits per heavy atom. The molecule has 2 N–H and O–H groups in total. The summed E-state index contributed by atoms with van der Waals surface area (Å²) in [6.45, 7) is 1.48. The molecule has 0 radical (unpaired) electrons. The van der Waals surface area contributed by atoms with Crippen molar-refractivity contribution < 1.29 is 17.9 Å². The van der Waals surface area contributed by atoms with Crippen LogP contribution in [0.4, 0.5) is 5.69 Å². The number of nitrogens with one attached hydrogen (secondary N) is 2. The first kappa shape index (κ1) is 20.3. The fourth-order valence-corrected chi connectivity index (χ4v) is 5.57. The summed E-state index contributed by atoms with van der Waals surface area (Å²) in [6, 6.07) is 13.0. The van der Waals surface area contributed by atoms with E-state index in [9.17, 15) is 13.2 Å². The largest absolute Gasteiger partial charge is 0.381 e. The summed E-state index contributed by atoms with van der Waals surface area (Å²) in [5.74, 6) is -0.113. The van der Waals surface area contributed by atoms with Crippen molar-refractivity contribution in [3.63, 3.8) is 0 Å². The maximum absolute atomic E-state index is 13.1. The molecule has 154 valence electrons. The molecule has 2 aromatic carbocycles. The number of hydrogen-bond donors (Lipinski definition) is 2. The van der Waals surface area contributed by atoms with Crippen LogP contribution in [0.5, 0.6) is 0 Å². The quantitative estimate of drug-likeness (QED) is 0.756. The summed E-state index contributed by atoms with van der Waals surface area (Å²) >= 11 is 6.27. The van der Waals surface area contributed by atoms with Gasteiger partial charge in [-0.15, -0.1) is 0 Å². The lowest BCUT2D eigenvalue weighted by Gasteiger charge is -2.38. The molecule has 29 heavy (non-hydrogen) atoms. The van der Waals surface area contributed by atoms with E-state index in [-0.39, 0.29) is 27.8 Å². The molecule has 1 fully saturated rings. The Balaban J connectivity index is 1.60. The van der Waals surface area contributed by atoms with Gasteiger partial charge in [-0.1, -0.05) is 41.9 Å². The number of hydrogen-bond acceptors (Lipinski definition) is 4. The second-order valence-corrected chi connectivity index (χ2v) is 9.74. The number of amides is 1. The molecule has 0 aliphatic carbocycles. The smallest absolute Gasteiger partial charge is 0.240 e. The molecule has 2 aliphatic heterocycles. The van der Waals surface area contributed by atoms with Gasteiger partial charge in [0.2, 0.25) is 15.9 Å². The van der Waals surface area contributed by atoms with E-state index in [1.807, 2.05) is 30.3 Å². The van der Waals surface area contributed by atoms with Gasteiger partial charge in [0.1, 0.15) is 0 Å². The van der Waals surface area contributed by atoms with Crippen LogP contribution in [-0.2, 0) is 31.4 Å². The van der Waals surface area contributed by atoms with Gasteiger partial charge in [0.15, 0.2) is 0 Å². The Hall–Kier alpha value is -1.93. The van der Waals surface area contributed by atoms with Gasteiger partial charge in [-0.05, 0) is 42.5 Å². The first-order valence-corrected chi connectivity index (χ1v) is 11.5. The van der Waals surface area contributed by atoms with E-state index in [4.69, 9.17) is 16.3 Å². The van der Waals surface area contributed by atoms with Crippen LogP contribution in [0, 0.1) is 0 Å². The zero-order chi connectivity index (χ0) is 20.5. The molecule has 2 aliphatic rings. The Morgan fingerprint density at radius 1 is 1.10 bits per heavy atom. The van der Waals surface area contributed by atoms with Crippen molar-refractivity contribution in [2.75, 3.05) is 25.1 Å². The van der Waals surface area contributed by atoms with E-state index in [0.717, 1.165) is 24.0 Å². The van der Waals surface area contributed by atoms with E-state index >= 15 is 0 Å². The summed E-state index contributed by atoms with van der Waals surface area (Å²) < 4.78 is 34.4. The van der Waals surface area contributed by atoms with E-state index in [1.165, 1.54) is 6.07 Å². The van der Waals surface area contributed by atoms with Crippen LogP contribution in [0.15, 0.2) is 47.4 Å². The van der Waals surface area contributed by atoms with E-state index in [1.54, 1.807) is 6.07 Å². The van der Waals surface area contributed by atoms with Crippen molar-refractivity contribution in [2.24, 2.45) is 0 Å². The normalized spacial score (nSPS) is 18.7. The van der Waals surface area contributed by atoms with Crippen LogP contribution in [0.2, 0.25) is 5.02 Å². The molecule has 0 unspecified atom stereocenters. The van der Waals surface area contributed by atoms with Gasteiger partial charge < -0.3 is 10.1 Å². The molecule has 0 spiro atoms. The lowest BCUT2D eigenvalue weighted by molar-refractivity contribution is -0.116. The minimum atomic E-state index is -3.76. The van der Waals surface area contributed by atoms with Gasteiger partial charge in [0.05, 0.1) is 15.6 Å². The van der Waals surface area contributed by atoms with Crippen LogP contribution in [-0.4, -0.2) is 34.1 Å². The average molecular weight is 435 g/mol. The van der Waals surface area contributed by atoms with Crippen LogP contribution >= 0.6 is 11.6 Å². The first-order chi connectivity index (χ1) is 13.9. The summed E-state index contributed by atoms with van der Waals surface area (Å²) in [5, 5.41) is 2.95. The monoisotopic (exact) mass is 434 g/mol. The fraction of sp³-hybridized carbons (Fsp3) is 0.381. The lowest BCUT2D eigenvalue weighted by atomic mass is 9.74. The maximum atomic E-state index is 13.1. The second kappa shape index (κ2) is 8.07. The Kier molecular flexibility index (Phi) is 5.66. The van der Waals surface area contributed by atoms with Gasteiger partial charge in [-0.3, -0.25) is 4.79 Å². The maximum Gasteiger partial charge on any atom is 0.240 e. The number of sulfonamides is 1. The lowest BCUT2D eigenvalue weighted by Crippen LogP contribution is -2.44.